The van der Waals surface area contributed by atoms with Gasteiger partial charge in [0.25, 0.3) is 0 Å². The molecule has 0 amide bonds. The lowest BCUT2D eigenvalue weighted by molar-refractivity contribution is 1.25. The molecule has 0 atom stereocenters. The van der Waals surface area contributed by atoms with E-state index in [0.29, 0.717) is 0 Å². The van der Waals surface area contributed by atoms with E-state index in [4.69, 9.17) is 0 Å². The summed E-state index contributed by atoms with van der Waals surface area (Å²) in [6.07, 6.45) is 0.919. The van der Waals surface area contributed by atoms with Crippen LogP contribution in [-0.2, 0) is 6.42 Å². The quantitative estimate of drug-likeness (QED) is 0.155. The summed E-state index contributed by atoms with van der Waals surface area (Å²) >= 11 is 0. The van der Waals surface area contributed by atoms with Gasteiger partial charge in [0.1, 0.15) is 0 Å². The zero-order valence-electron chi connectivity index (χ0n) is 31.9. The fraction of sp³-hybridized carbons (Fsp3) is 0.0943. The fourth-order valence-corrected chi connectivity index (χ4v) is 8.02. The maximum Gasteiger partial charge on any atom is 0.0462 e. The average molecular weight is 709 g/mol. The van der Waals surface area contributed by atoms with Crippen LogP contribution in [0.2, 0.25) is 0 Å². The van der Waals surface area contributed by atoms with Crippen LogP contribution in [0.4, 0.5) is 34.1 Å². The van der Waals surface area contributed by atoms with Crippen molar-refractivity contribution in [3.8, 4) is 33.4 Å². The molecular weight excluding hydrogens is 665 g/mol. The molecule has 2 nitrogen and oxygen atoms in total. The minimum atomic E-state index is 0.919. The largest absolute Gasteiger partial charge is 0.311 e. The van der Waals surface area contributed by atoms with E-state index in [-0.39, 0.29) is 0 Å². The molecule has 0 saturated carbocycles. The maximum absolute atomic E-state index is 2.35. The highest BCUT2D eigenvalue weighted by Crippen LogP contribution is 2.47. The Morgan fingerprint density at radius 2 is 0.655 bits per heavy atom. The predicted octanol–water partition coefficient (Wildman–Crippen LogP) is 14.8. The lowest BCUT2D eigenvalue weighted by Crippen LogP contribution is -2.10. The van der Waals surface area contributed by atoms with E-state index >= 15 is 0 Å². The first-order valence-electron chi connectivity index (χ1n) is 19.2. The minimum Gasteiger partial charge on any atom is -0.311 e. The summed E-state index contributed by atoms with van der Waals surface area (Å²) in [5.41, 5.74) is 22.3. The topological polar surface area (TPSA) is 6.48 Å². The van der Waals surface area contributed by atoms with Gasteiger partial charge in [0, 0.05) is 34.1 Å². The van der Waals surface area contributed by atoms with Gasteiger partial charge in [-0.15, -0.1) is 0 Å². The van der Waals surface area contributed by atoms with Crippen molar-refractivity contribution in [2.45, 2.75) is 34.1 Å². The third-order valence-corrected chi connectivity index (χ3v) is 11.0. The Balaban J connectivity index is 1.14. The van der Waals surface area contributed by atoms with Crippen molar-refractivity contribution in [1.29, 1.82) is 0 Å². The zero-order chi connectivity index (χ0) is 37.5. The van der Waals surface area contributed by atoms with Crippen LogP contribution in [0.15, 0.2) is 182 Å². The Morgan fingerprint density at radius 3 is 1.07 bits per heavy atom. The van der Waals surface area contributed by atoms with Gasteiger partial charge >= 0.3 is 0 Å². The van der Waals surface area contributed by atoms with Gasteiger partial charge in [-0.25, -0.2) is 0 Å². The van der Waals surface area contributed by atoms with Crippen molar-refractivity contribution in [2.24, 2.45) is 0 Å². The molecule has 0 aliphatic heterocycles. The summed E-state index contributed by atoms with van der Waals surface area (Å²) in [6.45, 7) is 8.56. The summed E-state index contributed by atoms with van der Waals surface area (Å²) < 4.78 is 0. The molecule has 266 valence electrons. The second-order valence-corrected chi connectivity index (χ2v) is 15.0. The molecule has 0 radical (unpaired) electrons. The summed E-state index contributed by atoms with van der Waals surface area (Å²) in [5.74, 6) is 0. The second-order valence-electron chi connectivity index (χ2n) is 15.0. The first-order chi connectivity index (χ1) is 26.9. The molecule has 0 N–H and O–H groups in total. The zero-order valence-corrected chi connectivity index (χ0v) is 31.9. The van der Waals surface area contributed by atoms with Gasteiger partial charge in [-0.3, -0.25) is 0 Å². The molecule has 0 heterocycles. The molecule has 8 aromatic carbocycles. The van der Waals surface area contributed by atoms with Crippen molar-refractivity contribution < 1.29 is 0 Å². The molecule has 1 aliphatic rings. The van der Waals surface area contributed by atoms with Crippen LogP contribution < -0.4 is 9.80 Å². The van der Waals surface area contributed by atoms with Crippen LogP contribution in [-0.4, -0.2) is 0 Å². The number of benzene rings is 8. The standard InChI is InChI=1S/C53H44N2/c1-36-9-21-43(22-10-36)54(44-23-11-37(2)12-24-44)47-29-17-40(18-30-47)50-33-34-51-49-8-6-5-7-42(49)35-52(51)53(50)41-19-31-48(32-20-41)55(45-25-13-38(3)14-26-45)46-27-15-39(4)16-28-46/h5-34H,35H2,1-4H3. The van der Waals surface area contributed by atoms with Gasteiger partial charge in [-0.1, -0.05) is 131 Å². The third-order valence-electron chi connectivity index (χ3n) is 11.0. The molecule has 0 bridgehead atoms. The predicted molar refractivity (Wildman–Crippen MR) is 234 cm³/mol. The first kappa shape index (κ1) is 34.1. The highest BCUT2D eigenvalue weighted by molar-refractivity contribution is 5.94. The van der Waals surface area contributed by atoms with E-state index in [1.165, 1.54) is 66.8 Å². The van der Waals surface area contributed by atoms with Gasteiger partial charge in [0.2, 0.25) is 0 Å². The molecule has 0 saturated heterocycles. The molecule has 0 unspecified atom stereocenters. The summed E-state index contributed by atoms with van der Waals surface area (Å²) in [7, 11) is 0. The minimum absolute atomic E-state index is 0.919. The Bertz CT molecular complexity index is 2510. The normalized spacial score (nSPS) is 11.6. The molecule has 0 spiro atoms. The average Bonchev–Trinajstić information content (AvgIpc) is 3.60. The number of rotatable bonds is 8. The van der Waals surface area contributed by atoms with Crippen LogP contribution in [0.1, 0.15) is 33.4 Å². The van der Waals surface area contributed by atoms with Crippen molar-refractivity contribution in [3.05, 3.63) is 215 Å². The van der Waals surface area contributed by atoms with Crippen LogP contribution in [0, 0.1) is 27.7 Å². The van der Waals surface area contributed by atoms with Gasteiger partial charge in [0.05, 0.1) is 0 Å². The number of nitrogens with zero attached hydrogens (tertiary/aromatic N) is 2. The van der Waals surface area contributed by atoms with Gasteiger partial charge in [-0.05, 0) is 151 Å². The van der Waals surface area contributed by atoms with Gasteiger partial charge in [0.15, 0.2) is 0 Å². The highest BCUT2D eigenvalue weighted by atomic mass is 15.1. The van der Waals surface area contributed by atoms with Crippen LogP contribution in [0.5, 0.6) is 0 Å². The Hall–Kier alpha value is -6.64. The fourth-order valence-electron chi connectivity index (χ4n) is 8.02. The van der Waals surface area contributed by atoms with Crippen molar-refractivity contribution in [1.82, 2.24) is 0 Å². The van der Waals surface area contributed by atoms with E-state index in [0.717, 1.165) is 40.5 Å². The summed E-state index contributed by atoms with van der Waals surface area (Å²) in [5, 5.41) is 0. The maximum atomic E-state index is 2.35. The van der Waals surface area contributed by atoms with E-state index in [1.54, 1.807) is 0 Å². The number of hydrogen-bond acceptors (Lipinski definition) is 2. The molecule has 0 aromatic heterocycles. The Morgan fingerprint density at radius 1 is 0.309 bits per heavy atom. The van der Waals surface area contributed by atoms with E-state index in [2.05, 4.69) is 219 Å². The van der Waals surface area contributed by atoms with Gasteiger partial charge in [-0.2, -0.15) is 0 Å². The lowest BCUT2D eigenvalue weighted by Gasteiger charge is -2.26. The number of fused-ring (bicyclic) bond motifs is 3. The van der Waals surface area contributed by atoms with E-state index in [1.807, 2.05) is 0 Å². The van der Waals surface area contributed by atoms with Gasteiger partial charge < -0.3 is 9.80 Å². The Labute approximate surface area is 325 Å². The highest BCUT2D eigenvalue weighted by Gasteiger charge is 2.25. The molecule has 9 rings (SSSR count). The van der Waals surface area contributed by atoms with E-state index in [9.17, 15) is 0 Å². The lowest BCUT2D eigenvalue weighted by atomic mass is 9.87. The van der Waals surface area contributed by atoms with Crippen LogP contribution in [0.25, 0.3) is 33.4 Å². The van der Waals surface area contributed by atoms with Crippen LogP contribution >= 0.6 is 0 Å². The molecule has 0 fully saturated rings. The second kappa shape index (κ2) is 14.3. The van der Waals surface area contributed by atoms with Crippen molar-refractivity contribution >= 4 is 34.1 Å². The number of aryl methyl sites for hydroxylation is 4. The van der Waals surface area contributed by atoms with Crippen molar-refractivity contribution in [3.63, 3.8) is 0 Å². The summed E-state index contributed by atoms with van der Waals surface area (Å²) in [4.78, 5) is 4.69. The first-order valence-corrected chi connectivity index (χ1v) is 19.2. The van der Waals surface area contributed by atoms with E-state index < -0.39 is 0 Å². The smallest absolute Gasteiger partial charge is 0.0462 e. The number of hydrogen-bond donors (Lipinski definition) is 0. The molecule has 2 heteroatoms. The number of anilines is 6. The molecule has 1 aliphatic carbocycles. The molecular formula is C53H44N2. The molecule has 8 aromatic rings. The molecule has 55 heavy (non-hydrogen) atoms. The monoisotopic (exact) mass is 708 g/mol. The Kier molecular flexibility index (Phi) is 8.88. The summed E-state index contributed by atoms with van der Waals surface area (Å²) in [6, 6.07) is 67.1. The van der Waals surface area contributed by atoms with Crippen molar-refractivity contribution in [2.75, 3.05) is 9.80 Å². The van der Waals surface area contributed by atoms with Crippen LogP contribution in [0.3, 0.4) is 0 Å². The third kappa shape index (κ3) is 6.62. The SMILES string of the molecule is Cc1ccc(N(c2ccc(C)cc2)c2ccc(-c3ccc4c(c3-c3ccc(N(c5ccc(C)cc5)c5ccc(C)cc5)cc3)Cc3ccccc3-4)cc2)cc1.